The molecule has 1 heterocycles. The van der Waals surface area contributed by atoms with Gasteiger partial charge in [-0.2, -0.15) is 17.6 Å². The van der Waals surface area contributed by atoms with E-state index in [-0.39, 0.29) is 0 Å². The summed E-state index contributed by atoms with van der Waals surface area (Å²) in [6.45, 7) is 0. The largest absolute Gasteiger partial charge is 0.414 e. The molecule has 0 aromatic heterocycles. The Morgan fingerprint density at radius 2 is 1.00 bits per heavy atom. The van der Waals surface area contributed by atoms with Crippen LogP contribution < -0.4 is 0 Å². The second-order valence-electron chi connectivity index (χ2n) is 1.99. The number of halogens is 6. The van der Waals surface area contributed by atoms with E-state index < -0.39 is 24.9 Å². The standard InChI is InChI=1S/C4H2F6O2/c5-1-3(7,8)12-2(6)4(9,10)11-1/h1-2H/t1-,2-/m1/s1. The average molecular weight is 196 g/mol. The summed E-state index contributed by atoms with van der Waals surface area (Å²) in [5.41, 5.74) is 0. The molecule has 12 heavy (non-hydrogen) atoms. The second kappa shape index (κ2) is 2.49. The molecule has 0 radical (unpaired) electrons. The third-order valence-electron chi connectivity index (χ3n) is 1.05. The minimum absolute atomic E-state index is 2.75. The highest BCUT2D eigenvalue weighted by Gasteiger charge is 2.61. The van der Waals surface area contributed by atoms with E-state index in [1.54, 1.807) is 0 Å². The third kappa shape index (κ3) is 1.48. The molecule has 1 aliphatic heterocycles. The predicted molar refractivity (Wildman–Crippen MR) is 21.9 cm³/mol. The first-order valence-electron chi connectivity index (χ1n) is 2.65. The minimum Gasteiger partial charge on any atom is -0.273 e. The summed E-state index contributed by atoms with van der Waals surface area (Å²) < 4.78 is 76.9. The molecule has 2 nitrogen and oxygen atoms in total. The lowest BCUT2D eigenvalue weighted by molar-refractivity contribution is -0.496. The Morgan fingerprint density at radius 3 is 1.25 bits per heavy atom. The van der Waals surface area contributed by atoms with Gasteiger partial charge in [-0.25, -0.2) is 8.78 Å². The van der Waals surface area contributed by atoms with E-state index in [2.05, 4.69) is 9.47 Å². The molecule has 0 bridgehead atoms. The van der Waals surface area contributed by atoms with Crippen LogP contribution in [0.1, 0.15) is 0 Å². The zero-order chi connectivity index (χ0) is 9.57. The van der Waals surface area contributed by atoms with E-state index in [0.29, 0.717) is 0 Å². The van der Waals surface area contributed by atoms with E-state index in [9.17, 15) is 26.3 Å². The van der Waals surface area contributed by atoms with Crippen molar-refractivity contribution in [1.82, 2.24) is 0 Å². The smallest absolute Gasteiger partial charge is 0.273 e. The SMILES string of the molecule is F[C@@H]1OC(F)(F)[C@H](F)OC1(F)F. The first-order valence-corrected chi connectivity index (χ1v) is 2.65. The molecule has 1 fully saturated rings. The van der Waals surface area contributed by atoms with Crippen molar-refractivity contribution in [3.63, 3.8) is 0 Å². The summed E-state index contributed by atoms with van der Waals surface area (Å²) in [5.74, 6) is 0. The molecule has 0 aromatic rings. The Morgan fingerprint density at radius 1 is 0.750 bits per heavy atom. The van der Waals surface area contributed by atoms with Crippen molar-refractivity contribution in [2.75, 3.05) is 0 Å². The molecule has 0 unspecified atom stereocenters. The summed E-state index contributed by atoms with van der Waals surface area (Å²) in [4.78, 5) is 0. The van der Waals surface area contributed by atoms with Gasteiger partial charge in [0.1, 0.15) is 0 Å². The summed E-state index contributed by atoms with van der Waals surface area (Å²) in [6, 6.07) is 0. The van der Waals surface area contributed by atoms with Crippen LogP contribution in [0.5, 0.6) is 0 Å². The van der Waals surface area contributed by atoms with Crippen molar-refractivity contribution in [3.05, 3.63) is 0 Å². The van der Waals surface area contributed by atoms with Gasteiger partial charge in [-0.05, 0) is 0 Å². The van der Waals surface area contributed by atoms with Gasteiger partial charge < -0.3 is 0 Å². The lowest BCUT2D eigenvalue weighted by Crippen LogP contribution is -2.53. The molecule has 1 rings (SSSR count). The lowest BCUT2D eigenvalue weighted by atomic mass is 10.5. The topological polar surface area (TPSA) is 18.5 Å². The summed E-state index contributed by atoms with van der Waals surface area (Å²) in [6.07, 6.45) is -16.7. The predicted octanol–water partition coefficient (Wildman–Crippen LogP) is 1.81. The monoisotopic (exact) mass is 196 g/mol. The van der Waals surface area contributed by atoms with Crippen molar-refractivity contribution in [3.8, 4) is 0 Å². The molecule has 0 saturated carbocycles. The summed E-state index contributed by atoms with van der Waals surface area (Å²) in [5, 5.41) is 0. The van der Waals surface area contributed by atoms with Crippen LogP contribution in [0.15, 0.2) is 0 Å². The molecule has 1 aliphatic rings. The van der Waals surface area contributed by atoms with Crippen molar-refractivity contribution in [2.24, 2.45) is 0 Å². The van der Waals surface area contributed by atoms with Gasteiger partial charge >= 0.3 is 12.2 Å². The average Bonchev–Trinajstić information content (AvgIpc) is 1.82. The molecule has 0 aromatic carbocycles. The van der Waals surface area contributed by atoms with Crippen molar-refractivity contribution >= 4 is 0 Å². The number of ether oxygens (including phenoxy) is 2. The quantitative estimate of drug-likeness (QED) is 0.550. The van der Waals surface area contributed by atoms with Crippen LogP contribution in [0.25, 0.3) is 0 Å². The van der Waals surface area contributed by atoms with Crippen LogP contribution in [-0.2, 0) is 9.47 Å². The van der Waals surface area contributed by atoms with Gasteiger partial charge in [-0.3, -0.25) is 9.47 Å². The molecule has 0 N–H and O–H groups in total. The Balaban J connectivity index is 2.76. The fourth-order valence-electron chi connectivity index (χ4n) is 0.520. The van der Waals surface area contributed by atoms with Crippen LogP contribution in [0.3, 0.4) is 0 Å². The van der Waals surface area contributed by atoms with Crippen molar-refractivity contribution in [2.45, 2.75) is 24.9 Å². The fraction of sp³-hybridized carbons (Fsp3) is 1.00. The normalized spacial score (nSPS) is 39.5. The number of hydrogen-bond acceptors (Lipinski definition) is 2. The van der Waals surface area contributed by atoms with E-state index in [4.69, 9.17) is 0 Å². The number of alkyl halides is 6. The maximum Gasteiger partial charge on any atom is 0.414 e. The van der Waals surface area contributed by atoms with E-state index in [1.165, 1.54) is 0 Å². The lowest BCUT2D eigenvalue weighted by Gasteiger charge is -2.33. The Hall–Kier alpha value is -0.500. The highest BCUT2D eigenvalue weighted by Crippen LogP contribution is 2.40. The van der Waals surface area contributed by atoms with Crippen LogP contribution in [0, 0.1) is 0 Å². The van der Waals surface area contributed by atoms with Crippen LogP contribution in [0.2, 0.25) is 0 Å². The second-order valence-corrected chi connectivity index (χ2v) is 1.99. The fourth-order valence-corrected chi connectivity index (χ4v) is 0.520. The number of hydrogen-bond donors (Lipinski definition) is 0. The molecule has 0 aliphatic carbocycles. The molecule has 2 atom stereocenters. The van der Waals surface area contributed by atoms with Gasteiger partial charge in [0.25, 0.3) is 12.7 Å². The zero-order valence-corrected chi connectivity index (χ0v) is 5.24. The molecule has 72 valence electrons. The van der Waals surface area contributed by atoms with E-state index in [1.807, 2.05) is 0 Å². The minimum atomic E-state index is -4.68. The van der Waals surface area contributed by atoms with Crippen LogP contribution >= 0.6 is 0 Å². The maximum absolute atomic E-state index is 11.9. The third-order valence-corrected chi connectivity index (χ3v) is 1.05. The maximum atomic E-state index is 11.9. The van der Waals surface area contributed by atoms with Gasteiger partial charge in [-0.15, -0.1) is 0 Å². The first-order chi connectivity index (χ1) is 5.26. The number of rotatable bonds is 0. The Kier molecular flexibility index (Phi) is 1.99. The van der Waals surface area contributed by atoms with Gasteiger partial charge in [0, 0.05) is 0 Å². The van der Waals surface area contributed by atoms with Crippen molar-refractivity contribution in [1.29, 1.82) is 0 Å². The first kappa shape index (κ1) is 9.59. The molecule has 1 saturated heterocycles. The molecular formula is C4H2F6O2. The van der Waals surface area contributed by atoms with Crippen LogP contribution in [-0.4, -0.2) is 24.9 Å². The van der Waals surface area contributed by atoms with Gasteiger partial charge in [0.05, 0.1) is 0 Å². The Bertz CT molecular complexity index is 162. The van der Waals surface area contributed by atoms with Gasteiger partial charge in [0.15, 0.2) is 0 Å². The summed E-state index contributed by atoms with van der Waals surface area (Å²) in [7, 11) is 0. The molecular weight excluding hydrogens is 194 g/mol. The Labute approximate surface area is 62.0 Å². The van der Waals surface area contributed by atoms with E-state index in [0.717, 1.165) is 0 Å². The van der Waals surface area contributed by atoms with Crippen LogP contribution in [0.4, 0.5) is 26.3 Å². The molecule has 8 heteroatoms. The molecule has 0 spiro atoms. The van der Waals surface area contributed by atoms with Crippen molar-refractivity contribution < 1.29 is 35.8 Å². The van der Waals surface area contributed by atoms with Gasteiger partial charge in [-0.1, -0.05) is 0 Å². The van der Waals surface area contributed by atoms with Gasteiger partial charge in [0.2, 0.25) is 0 Å². The highest BCUT2D eigenvalue weighted by atomic mass is 19.3. The highest BCUT2D eigenvalue weighted by molar-refractivity contribution is 4.71. The summed E-state index contributed by atoms with van der Waals surface area (Å²) >= 11 is 0. The molecule has 0 amide bonds. The van der Waals surface area contributed by atoms with E-state index >= 15 is 0 Å². The zero-order valence-electron chi connectivity index (χ0n) is 5.24.